The van der Waals surface area contributed by atoms with Crippen molar-refractivity contribution >= 4 is 75.7 Å². The quantitative estimate of drug-likeness (QED) is 0.162. The topological polar surface area (TPSA) is 30.7 Å². The first-order chi connectivity index (χ1) is 31.2. The zero-order chi connectivity index (χ0) is 41.4. The maximum absolute atomic E-state index is 5.40. The van der Waals surface area contributed by atoms with Crippen LogP contribution in [0.2, 0.25) is 0 Å². The molecule has 0 radical (unpaired) electrons. The van der Waals surface area contributed by atoms with Crippen molar-refractivity contribution in [2.24, 2.45) is 0 Å². The molecule has 0 amide bonds. The molecule has 0 saturated heterocycles. The van der Waals surface area contributed by atoms with Crippen molar-refractivity contribution in [3.63, 3.8) is 0 Å². The number of hydrogen-bond donors (Lipinski definition) is 0. The fourth-order valence-electron chi connectivity index (χ4n) is 9.93. The van der Waals surface area contributed by atoms with Crippen LogP contribution in [0.4, 0.5) is 0 Å². The third kappa shape index (κ3) is 5.75. The molecule has 13 aromatic rings. The summed E-state index contributed by atoms with van der Waals surface area (Å²) in [6, 6.07) is 81.3. The Hall–Kier alpha value is -8.40. The molecule has 0 saturated carbocycles. The molecule has 0 atom stereocenters. The minimum atomic E-state index is 0.688. The average molecular weight is 800 g/mol. The lowest BCUT2D eigenvalue weighted by Crippen LogP contribution is -2.02. The second-order valence-corrected chi connectivity index (χ2v) is 16.5. The molecule has 0 aliphatic carbocycles. The van der Waals surface area contributed by atoms with Gasteiger partial charge in [-0.15, -0.1) is 0 Å². The van der Waals surface area contributed by atoms with Crippen LogP contribution >= 0.6 is 0 Å². The lowest BCUT2D eigenvalue weighted by molar-refractivity contribution is 1.05. The standard InChI is InChI=1S/C60H37N3/c1-3-16-40(17-4-1)56-37-59(62-60(61-56)41-18-5-2-6-19-41)63-57-31-29-45(47-25-13-21-39-15-9-10-22-46(39)47)34-54(57)55-35-52-51-33-44(43-27-26-38-14-7-8-20-42(38)32-43)28-30-50(51)48-23-11-12-24-49(48)53(52)36-58(55)63/h1-37H. The van der Waals surface area contributed by atoms with E-state index in [0.29, 0.717) is 5.82 Å². The third-order valence-electron chi connectivity index (χ3n) is 12.9. The molecular weight excluding hydrogens is 763 g/mol. The van der Waals surface area contributed by atoms with E-state index in [9.17, 15) is 0 Å². The predicted octanol–water partition coefficient (Wildman–Crippen LogP) is 16.0. The van der Waals surface area contributed by atoms with Gasteiger partial charge in [-0.3, -0.25) is 4.57 Å². The summed E-state index contributed by atoms with van der Waals surface area (Å²) in [4.78, 5) is 10.6. The fourth-order valence-corrected chi connectivity index (χ4v) is 9.93. The highest BCUT2D eigenvalue weighted by molar-refractivity contribution is 6.29. The van der Waals surface area contributed by atoms with E-state index in [4.69, 9.17) is 9.97 Å². The molecule has 2 heterocycles. The van der Waals surface area contributed by atoms with Crippen LogP contribution in [0.25, 0.3) is 126 Å². The van der Waals surface area contributed by atoms with Crippen LogP contribution < -0.4 is 0 Å². The summed E-state index contributed by atoms with van der Waals surface area (Å²) >= 11 is 0. The van der Waals surface area contributed by atoms with E-state index in [-0.39, 0.29) is 0 Å². The van der Waals surface area contributed by atoms with E-state index >= 15 is 0 Å². The summed E-state index contributed by atoms with van der Waals surface area (Å²) in [7, 11) is 0. The zero-order valence-corrected chi connectivity index (χ0v) is 34.2. The lowest BCUT2D eigenvalue weighted by atomic mass is 9.90. The van der Waals surface area contributed by atoms with Crippen molar-refractivity contribution < 1.29 is 0 Å². The Kier molecular flexibility index (Phi) is 7.91. The van der Waals surface area contributed by atoms with Gasteiger partial charge in [0.15, 0.2) is 5.82 Å². The van der Waals surface area contributed by atoms with Crippen LogP contribution in [0.5, 0.6) is 0 Å². The smallest absolute Gasteiger partial charge is 0.162 e. The summed E-state index contributed by atoms with van der Waals surface area (Å²) in [6.07, 6.45) is 0. The van der Waals surface area contributed by atoms with Gasteiger partial charge in [-0.05, 0) is 113 Å². The summed E-state index contributed by atoms with van der Waals surface area (Å²) < 4.78 is 2.36. The van der Waals surface area contributed by atoms with Crippen LogP contribution in [0, 0.1) is 0 Å². The Morgan fingerprint density at radius 1 is 0.270 bits per heavy atom. The molecule has 13 rings (SSSR count). The van der Waals surface area contributed by atoms with Crippen LogP contribution in [0.1, 0.15) is 0 Å². The second kappa shape index (κ2) is 14.1. The van der Waals surface area contributed by atoms with E-state index in [1.807, 2.05) is 12.1 Å². The highest BCUT2D eigenvalue weighted by atomic mass is 15.1. The van der Waals surface area contributed by atoms with Crippen molar-refractivity contribution in [1.82, 2.24) is 14.5 Å². The van der Waals surface area contributed by atoms with Crippen LogP contribution in [0.15, 0.2) is 224 Å². The number of hydrogen-bond acceptors (Lipinski definition) is 2. The van der Waals surface area contributed by atoms with E-state index in [1.54, 1.807) is 0 Å². The molecule has 0 N–H and O–H groups in total. The molecule has 2 aromatic heterocycles. The lowest BCUT2D eigenvalue weighted by Gasteiger charge is -2.14. The second-order valence-electron chi connectivity index (χ2n) is 16.5. The Balaban J connectivity index is 1.15. The van der Waals surface area contributed by atoms with Gasteiger partial charge in [0.25, 0.3) is 0 Å². The van der Waals surface area contributed by atoms with Crippen molar-refractivity contribution in [3.05, 3.63) is 224 Å². The van der Waals surface area contributed by atoms with Crippen LogP contribution in [0.3, 0.4) is 0 Å². The Morgan fingerprint density at radius 3 is 1.67 bits per heavy atom. The number of benzene rings is 11. The molecule has 0 aliphatic rings. The first-order valence-corrected chi connectivity index (χ1v) is 21.6. The van der Waals surface area contributed by atoms with Gasteiger partial charge in [-0.25, -0.2) is 9.97 Å². The van der Waals surface area contributed by atoms with Crippen molar-refractivity contribution in [2.75, 3.05) is 0 Å². The Morgan fingerprint density at radius 2 is 0.841 bits per heavy atom. The highest BCUT2D eigenvalue weighted by Gasteiger charge is 2.20. The number of rotatable bonds is 5. The van der Waals surface area contributed by atoms with Crippen molar-refractivity contribution in [1.29, 1.82) is 0 Å². The summed E-state index contributed by atoms with van der Waals surface area (Å²) in [5, 5.41) is 14.7. The van der Waals surface area contributed by atoms with E-state index < -0.39 is 0 Å². The number of nitrogens with zero attached hydrogens (tertiary/aromatic N) is 3. The van der Waals surface area contributed by atoms with Crippen molar-refractivity contribution in [3.8, 4) is 50.7 Å². The maximum atomic E-state index is 5.40. The highest BCUT2D eigenvalue weighted by Crippen LogP contribution is 2.44. The van der Waals surface area contributed by atoms with Gasteiger partial charge in [0.05, 0.1) is 16.7 Å². The molecule has 0 aliphatic heterocycles. The SMILES string of the molecule is c1ccc(-c2cc(-n3c4ccc(-c5cccc6ccccc56)cc4c4cc5c6cc(-c7ccc8ccccc8c7)ccc6c6ccccc6c5cc43)nc(-c3ccccc3)n2)cc1. The van der Waals surface area contributed by atoms with E-state index in [1.165, 1.54) is 86.9 Å². The molecule has 3 nitrogen and oxygen atoms in total. The van der Waals surface area contributed by atoms with Gasteiger partial charge in [-0.1, -0.05) is 182 Å². The number of fused-ring (bicyclic) bond motifs is 11. The molecule has 0 fully saturated rings. The van der Waals surface area contributed by atoms with Crippen LogP contribution in [-0.4, -0.2) is 14.5 Å². The maximum Gasteiger partial charge on any atom is 0.162 e. The molecule has 0 unspecified atom stereocenters. The minimum Gasteiger partial charge on any atom is -0.294 e. The van der Waals surface area contributed by atoms with Gasteiger partial charge in [0.2, 0.25) is 0 Å². The fraction of sp³-hybridized carbons (Fsp3) is 0. The third-order valence-corrected chi connectivity index (χ3v) is 12.9. The molecule has 11 aromatic carbocycles. The van der Waals surface area contributed by atoms with Crippen molar-refractivity contribution in [2.45, 2.75) is 0 Å². The van der Waals surface area contributed by atoms with Gasteiger partial charge in [0, 0.05) is 28.0 Å². The molecule has 63 heavy (non-hydrogen) atoms. The van der Waals surface area contributed by atoms with E-state index in [0.717, 1.165) is 33.7 Å². The monoisotopic (exact) mass is 799 g/mol. The largest absolute Gasteiger partial charge is 0.294 e. The zero-order valence-electron chi connectivity index (χ0n) is 34.2. The first kappa shape index (κ1) is 35.4. The van der Waals surface area contributed by atoms with Gasteiger partial charge >= 0.3 is 0 Å². The summed E-state index contributed by atoms with van der Waals surface area (Å²) in [5.74, 6) is 1.51. The minimum absolute atomic E-state index is 0.688. The van der Waals surface area contributed by atoms with Gasteiger partial charge in [0.1, 0.15) is 5.82 Å². The molecule has 292 valence electrons. The summed E-state index contributed by atoms with van der Waals surface area (Å²) in [6.45, 7) is 0. The van der Waals surface area contributed by atoms with Gasteiger partial charge < -0.3 is 0 Å². The predicted molar refractivity (Wildman–Crippen MR) is 266 cm³/mol. The van der Waals surface area contributed by atoms with E-state index in [2.05, 4.69) is 217 Å². The van der Waals surface area contributed by atoms with Gasteiger partial charge in [-0.2, -0.15) is 0 Å². The molecule has 3 heteroatoms. The normalized spacial score (nSPS) is 11.8. The number of aromatic nitrogens is 3. The molecule has 0 bridgehead atoms. The van der Waals surface area contributed by atoms with Crippen LogP contribution in [-0.2, 0) is 0 Å². The Labute approximate surface area is 363 Å². The first-order valence-electron chi connectivity index (χ1n) is 21.6. The molecular formula is C60H37N3. The summed E-state index contributed by atoms with van der Waals surface area (Å²) in [5.41, 5.74) is 9.88. The molecule has 0 spiro atoms. The average Bonchev–Trinajstić information content (AvgIpc) is 3.68. The Bertz CT molecular complexity index is 3900.